The van der Waals surface area contributed by atoms with Crippen LogP contribution in [0.5, 0.6) is 5.75 Å². The second-order valence-corrected chi connectivity index (χ2v) is 13.0. The topological polar surface area (TPSA) is 92.6 Å². The molecule has 6 rings (SSSR count). The number of rotatable bonds is 6. The number of halogens is 3. The number of benzene rings is 3. The van der Waals surface area contributed by atoms with Gasteiger partial charge in [0.25, 0.3) is 5.78 Å². The molecule has 2 aliphatic heterocycles. The van der Waals surface area contributed by atoms with E-state index in [1.165, 1.54) is 34.1 Å². The highest BCUT2D eigenvalue weighted by molar-refractivity contribution is 8.00. The molecule has 2 aliphatic rings. The van der Waals surface area contributed by atoms with Crippen LogP contribution >= 0.6 is 57.9 Å². The van der Waals surface area contributed by atoms with Gasteiger partial charge in [0.05, 0.1) is 11.6 Å². The number of Topliss-reactive ketones (excluding diaryl/α,β-unsaturated/α-hetero) is 1. The zero-order valence-corrected chi connectivity index (χ0v) is 25.2. The third-order valence-electron chi connectivity index (χ3n) is 6.75. The average molecular weight is 645 g/mol. The van der Waals surface area contributed by atoms with Gasteiger partial charge in [0, 0.05) is 32.8 Å². The largest absolute Gasteiger partial charge is 0.507 e. The summed E-state index contributed by atoms with van der Waals surface area (Å²) >= 11 is 21.3. The fourth-order valence-electron chi connectivity index (χ4n) is 4.86. The first-order valence-corrected chi connectivity index (χ1v) is 15.4. The number of ketones is 1. The number of carbonyl (C=O) groups is 2. The summed E-state index contributed by atoms with van der Waals surface area (Å²) in [6, 6.07) is 16.4. The van der Waals surface area contributed by atoms with Crippen LogP contribution in [0.25, 0.3) is 5.76 Å². The van der Waals surface area contributed by atoms with Crippen molar-refractivity contribution in [2.45, 2.75) is 35.6 Å². The monoisotopic (exact) mass is 643 g/mol. The van der Waals surface area contributed by atoms with Gasteiger partial charge < -0.3 is 9.84 Å². The molecule has 0 radical (unpaired) electrons. The Bertz CT molecular complexity index is 1720. The fourth-order valence-corrected chi connectivity index (χ4v) is 7.32. The van der Waals surface area contributed by atoms with Crippen LogP contribution in [0.1, 0.15) is 35.2 Å². The third-order valence-corrected chi connectivity index (χ3v) is 9.69. The molecule has 2 atom stereocenters. The number of aliphatic hydroxyl groups excluding tert-OH is 1. The van der Waals surface area contributed by atoms with Crippen molar-refractivity contribution in [3.63, 3.8) is 0 Å². The Balaban J connectivity index is 1.40. The van der Waals surface area contributed by atoms with Gasteiger partial charge in [-0.15, -0.1) is 10.2 Å². The van der Waals surface area contributed by atoms with Crippen LogP contribution in [0.2, 0.25) is 15.1 Å². The summed E-state index contributed by atoms with van der Waals surface area (Å²) in [6.07, 6.45) is 0.670. The first kappa shape index (κ1) is 28.1. The lowest BCUT2D eigenvalue weighted by molar-refractivity contribution is -0.132. The number of hydrogen-bond acceptors (Lipinski definition) is 8. The highest BCUT2D eigenvalue weighted by atomic mass is 35.5. The van der Waals surface area contributed by atoms with E-state index in [1.54, 1.807) is 30.3 Å². The Morgan fingerprint density at radius 1 is 1.05 bits per heavy atom. The second-order valence-electron chi connectivity index (χ2n) is 9.56. The molecule has 1 saturated heterocycles. The number of amides is 1. The normalized spacial score (nSPS) is 19.5. The van der Waals surface area contributed by atoms with Gasteiger partial charge in [-0.05, 0) is 66.1 Å². The fraction of sp³-hybridized carbons (Fsp3) is 0.172. The Morgan fingerprint density at radius 3 is 2.56 bits per heavy atom. The number of carbonyl (C=O) groups excluding carboxylic acids is 2. The van der Waals surface area contributed by atoms with E-state index in [-0.39, 0.29) is 27.6 Å². The summed E-state index contributed by atoms with van der Waals surface area (Å²) in [6.45, 7) is 1.96. The van der Waals surface area contributed by atoms with Crippen LogP contribution in [0, 0.1) is 0 Å². The van der Waals surface area contributed by atoms with Crippen LogP contribution in [-0.4, -0.2) is 33.1 Å². The van der Waals surface area contributed by atoms with Crippen LogP contribution in [0.4, 0.5) is 5.13 Å². The molecule has 1 aromatic heterocycles. The maximum absolute atomic E-state index is 13.5. The van der Waals surface area contributed by atoms with Gasteiger partial charge in [-0.2, -0.15) is 0 Å². The van der Waals surface area contributed by atoms with Crippen molar-refractivity contribution in [2.24, 2.45) is 0 Å². The van der Waals surface area contributed by atoms with Crippen LogP contribution in [0.15, 0.2) is 70.6 Å². The van der Waals surface area contributed by atoms with Gasteiger partial charge in [0.1, 0.15) is 17.6 Å². The predicted molar refractivity (Wildman–Crippen MR) is 162 cm³/mol. The minimum absolute atomic E-state index is 0.00464. The van der Waals surface area contributed by atoms with Crippen LogP contribution in [0.3, 0.4) is 0 Å². The van der Waals surface area contributed by atoms with Crippen molar-refractivity contribution in [3.05, 3.63) is 104 Å². The van der Waals surface area contributed by atoms with Gasteiger partial charge in [0.2, 0.25) is 5.13 Å². The van der Waals surface area contributed by atoms with E-state index in [0.717, 1.165) is 16.9 Å². The molecular formula is C29H20Cl3N3O4S2. The molecular weight excluding hydrogens is 625 g/mol. The third kappa shape index (κ3) is 5.45. The standard InChI is InChI=1S/C29H20Cl3N3O4S2/c1-14-10-17-11-16(4-9-22(17)39-14)25(36)23-24(20-8-7-19(31)12-21(20)32)35(27(38)26(23)37)28-33-34-29(41-28)40-13-15-2-5-18(30)6-3-15/h2-9,11-12,14,24,36H,10,13H2,1H3/b25-23+. The lowest BCUT2D eigenvalue weighted by atomic mass is 9.94. The van der Waals surface area contributed by atoms with Crippen LogP contribution in [-0.2, 0) is 21.8 Å². The Labute approximate surface area is 258 Å². The zero-order valence-electron chi connectivity index (χ0n) is 21.3. The van der Waals surface area contributed by atoms with Crippen molar-refractivity contribution in [3.8, 4) is 5.75 Å². The van der Waals surface area contributed by atoms with Gasteiger partial charge in [-0.3, -0.25) is 14.5 Å². The average Bonchev–Trinajstić information content (AvgIpc) is 3.63. The molecule has 0 spiro atoms. The van der Waals surface area contributed by atoms with Crippen LogP contribution < -0.4 is 9.64 Å². The zero-order chi connectivity index (χ0) is 28.8. The number of anilines is 1. The molecule has 0 saturated carbocycles. The number of aromatic nitrogens is 2. The van der Waals surface area contributed by atoms with Gasteiger partial charge in [0.15, 0.2) is 4.34 Å². The summed E-state index contributed by atoms with van der Waals surface area (Å²) in [4.78, 5) is 28.3. The molecule has 1 fully saturated rings. The summed E-state index contributed by atoms with van der Waals surface area (Å²) in [7, 11) is 0. The van der Waals surface area contributed by atoms with Crippen molar-refractivity contribution < 1.29 is 19.4 Å². The quantitative estimate of drug-likeness (QED) is 0.0755. The highest BCUT2D eigenvalue weighted by Crippen LogP contribution is 2.46. The van der Waals surface area contributed by atoms with E-state index >= 15 is 0 Å². The maximum Gasteiger partial charge on any atom is 0.301 e. The smallest absolute Gasteiger partial charge is 0.301 e. The number of fused-ring (bicyclic) bond motifs is 1. The molecule has 4 aromatic rings. The Hall–Kier alpha value is -3.08. The van der Waals surface area contributed by atoms with Crippen molar-refractivity contribution in [1.82, 2.24) is 10.2 Å². The summed E-state index contributed by atoms with van der Waals surface area (Å²) in [5.41, 5.74) is 2.66. The highest BCUT2D eigenvalue weighted by Gasteiger charge is 2.49. The van der Waals surface area contributed by atoms with Gasteiger partial charge >= 0.3 is 5.91 Å². The molecule has 0 bridgehead atoms. The van der Waals surface area contributed by atoms with E-state index in [1.807, 2.05) is 31.2 Å². The Morgan fingerprint density at radius 2 is 1.80 bits per heavy atom. The van der Waals surface area contributed by atoms with E-state index < -0.39 is 17.7 Å². The van der Waals surface area contributed by atoms with Crippen molar-refractivity contribution >= 4 is 80.5 Å². The number of thioether (sulfide) groups is 1. The number of aliphatic hydroxyl groups is 1. The molecule has 2 unspecified atom stereocenters. The number of ether oxygens (including phenoxy) is 1. The van der Waals surface area contributed by atoms with E-state index in [0.29, 0.717) is 37.7 Å². The molecule has 1 N–H and O–H groups in total. The molecule has 3 heterocycles. The van der Waals surface area contributed by atoms with Crippen molar-refractivity contribution in [1.29, 1.82) is 0 Å². The van der Waals surface area contributed by atoms with Gasteiger partial charge in [-0.25, -0.2) is 0 Å². The van der Waals surface area contributed by atoms with E-state index in [4.69, 9.17) is 39.5 Å². The minimum atomic E-state index is -1.05. The predicted octanol–water partition coefficient (Wildman–Crippen LogP) is 7.74. The summed E-state index contributed by atoms with van der Waals surface area (Å²) in [5.74, 6) is -0.673. The van der Waals surface area contributed by atoms with Gasteiger partial charge in [-0.1, -0.05) is 76.1 Å². The molecule has 208 valence electrons. The molecule has 41 heavy (non-hydrogen) atoms. The number of hydrogen-bond donors (Lipinski definition) is 1. The summed E-state index contributed by atoms with van der Waals surface area (Å²) < 4.78 is 6.38. The maximum atomic E-state index is 13.5. The lowest BCUT2D eigenvalue weighted by Gasteiger charge is -2.23. The first-order chi connectivity index (χ1) is 19.7. The van der Waals surface area contributed by atoms with E-state index in [9.17, 15) is 14.7 Å². The summed E-state index contributed by atoms with van der Waals surface area (Å²) in [5, 5.41) is 21.5. The lowest BCUT2D eigenvalue weighted by Crippen LogP contribution is -2.29. The molecule has 0 aliphatic carbocycles. The molecule has 1 amide bonds. The van der Waals surface area contributed by atoms with Crippen molar-refractivity contribution in [2.75, 3.05) is 4.90 Å². The van der Waals surface area contributed by atoms with E-state index in [2.05, 4.69) is 10.2 Å². The second kappa shape index (κ2) is 11.3. The molecule has 7 nitrogen and oxygen atoms in total. The SMILES string of the molecule is CC1Cc2cc(/C(O)=C3\C(=O)C(=O)N(c4nnc(SCc5ccc(Cl)cc5)s4)C3c3ccc(Cl)cc3Cl)ccc2O1. The Kier molecular flexibility index (Phi) is 7.74. The molecule has 12 heteroatoms. The first-order valence-electron chi connectivity index (χ1n) is 12.5. The number of nitrogens with zero attached hydrogens (tertiary/aromatic N) is 3. The molecule has 3 aromatic carbocycles. The minimum Gasteiger partial charge on any atom is -0.507 e.